The van der Waals surface area contributed by atoms with Crippen LogP contribution in [0.1, 0.15) is 53.6 Å². The summed E-state index contributed by atoms with van der Waals surface area (Å²) in [6.45, 7) is 4.81. The highest BCUT2D eigenvalue weighted by atomic mass is 16.3. The van der Waals surface area contributed by atoms with E-state index < -0.39 is 5.41 Å². The number of furan rings is 1. The molecule has 0 aliphatic heterocycles. The second kappa shape index (κ2) is 15.5. The summed E-state index contributed by atoms with van der Waals surface area (Å²) in [4.78, 5) is 2.63. The molecule has 0 saturated heterocycles. The predicted molar refractivity (Wildman–Crippen MR) is 292 cm³/mol. The summed E-state index contributed by atoms with van der Waals surface area (Å²) in [5, 5.41) is 4.88. The zero-order valence-corrected chi connectivity index (χ0v) is 39.2. The lowest BCUT2D eigenvalue weighted by Gasteiger charge is -2.41. The first kappa shape index (κ1) is 40.6. The minimum Gasteiger partial charge on any atom is -0.455 e. The van der Waals surface area contributed by atoms with Gasteiger partial charge in [-0.1, -0.05) is 232 Å². The Morgan fingerprint density at radius 3 is 1.89 bits per heavy atom. The first-order valence-corrected chi connectivity index (χ1v) is 24.7. The van der Waals surface area contributed by atoms with Crippen molar-refractivity contribution in [2.24, 2.45) is 0 Å². The molecule has 3 aliphatic carbocycles. The molecule has 1 aromatic heterocycles. The van der Waals surface area contributed by atoms with Gasteiger partial charge in [-0.15, -0.1) is 0 Å². The number of fused-ring (bicyclic) bond motifs is 10. The lowest BCUT2D eigenvalue weighted by molar-refractivity contribution is 0.652. The molecule has 3 aliphatic rings. The summed E-state index contributed by atoms with van der Waals surface area (Å²) < 4.78 is 6.58. The van der Waals surface area contributed by atoms with E-state index in [1.54, 1.807) is 0 Å². The van der Waals surface area contributed by atoms with E-state index in [2.05, 4.69) is 255 Å². The quantitative estimate of drug-likeness (QED) is 0.158. The molecular formula is C68H49NO. The molecule has 1 heterocycles. The second-order valence-electron chi connectivity index (χ2n) is 19.8. The van der Waals surface area contributed by atoms with Crippen LogP contribution in [-0.2, 0) is 10.8 Å². The van der Waals surface area contributed by atoms with Gasteiger partial charge < -0.3 is 9.32 Å². The minimum absolute atomic E-state index is 0.0323. The summed E-state index contributed by atoms with van der Waals surface area (Å²) in [6.07, 6.45) is 5.72. The van der Waals surface area contributed by atoms with Crippen molar-refractivity contribution in [1.29, 1.82) is 0 Å². The highest BCUT2D eigenvalue weighted by Gasteiger charge is 2.49. The number of anilines is 2. The van der Waals surface area contributed by atoms with Gasteiger partial charge in [0.05, 0.1) is 11.5 Å². The number of rotatable bonds is 7. The van der Waals surface area contributed by atoms with Crippen molar-refractivity contribution in [2.45, 2.75) is 37.1 Å². The molecule has 332 valence electrons. The van der Waals surface area contributed by atoms with E-state index in [4.69, 9.17) is 4.42 Å². The molecule has 0 bridgehead atoms. The van der Waals surface area contributed by atoms with Gasteiger partial charge in [0.1, 0.15) is 11.2 Å². The van der Waals surface area contributed by atoms with E-state index in [0.29, 0.717) is 0 Å². The molecule has 0 N–H and O–H groups in total. The highest BCUT2D eigenvalue weighted by Crippen LogP contribution is 2.59. The Bertz CT molecular complexity index is 3900. The first-order valence-electron chi connectivity index (χ1n) is 24.7. The van der Waals surface area contributed by atoms with Crippen molar-refractivity contribution in [2.75, 3.05) is 4.90 Å². The Balaban J connectivity index is 0.972. The monoisotopic (exact) mass is 895 g/mol. The molecular weight excluding hydrogens is 847 g/mol. The van der Waals surface area contributed by atoms with Gasteiger partial charge in [0.15, 0.2) is 0 Å². The highest BCUT2D eigenvalue weighted by molar-refractivity contribution is 6.10. The van der Waals surface area contributed by atoms with Crippen molar-refractivity contribution in [1.82, 2.24) is 0 Å². The zero-order valence-electron chi connectivity index (χ0n) is 39.2. The van der Waals surface area contributed by atoms with Crippen molar-refractivity contribution < 1.29 is 4.42 Å². The average molecular weight is 896 g/mol. The Hall–Kier alpha value is -8.46. The van der Waals surface area contributed by atoms with Crippen molar-refractivity contribution >= 4 is 49.7 Å². The molecule has 1 atom stereocenters. The third-order valence-corrected chi connectivity index (χ3v) is 15.9. The Labute approximate surface area is 409 Å². The van der Waals surface area contributed by atoms with Crippen LogP contribution < -0.4 is 4.90 Å². The topological polar surface area (TPSA) is 16.4 Å². The van der Waals surface area contributed by atoms with Crippen molar-refractivity contribution in [3.8, 4) is 33.4 Å². The molecule has 70 heavy (non-hydrogen) atoms. The number of para-hydroxylation sites is 3. The van der Waals surface area contributed by atoms with Crippen molar-refractivity contribution in [3.05, 3.63) is 282 Å². The predicted octanol–water partition coefficient (Wildman–Crippen LogP) is 17.6. The number of hydrogen-bond acceptors (Lipinski definition) is 2. The molecule has 2 nitrogen and oxygen atoms in total. The third kappa shape index (κ3) is 5.80. The van der Waals surface area contributed by atoms with Crippen LogP contribution in [-0.4, -0.2) is 6.04 Å². The van der Waals surface area contributed by atoms with E-state index in [1.165, 1.54) is 83.2 Å². The van der Waals surface area contributed by atoms with E-state index in [1.807, 2.05) is 6.07 Å². The standard InChI is InChI=1S/C68H49NO/c1-67(2)60-32-18-29-56(64(60)58-41-37-44-19-9-10-24-50(44)65(58)67)54-26-12-15-33-62(54)69(48-38-35-45(36-39-48)51-28-17-30-57-55-27-13-16-34-63(55)70-66(51)57)49-40-42-53-52-25-11-14-31-59(52)68(61(53)43-49,46-20-5-3-6-21-46)47-22-7-4-8-23-47/h3-42,49H,43H2,1-2H3. The fraction of sp³-hybridized carbons (Fsp3) is 0.0882. The number of allylic oxidation sites excluding steroid dienone is 2. The van der Waals surface area contributed by atoms with Gasteiger partial charge >= 0.3 is 0 Å². The van der Waals surface area contributed by atoms with Gasteiger partial charge in [-0.3, -0.25) is 0 Å². The summed E-state index contributed by atoms with van der Waals surface area (Å²) in [7, 11) is 0. The summed E-state index contributed by atoms with van der Waals surface area (Å²) in [6, 6.07) is 85.3. The lowest BCUT2D eigenvalue weighted by atomic mass is 9.65. The maximum Gasteiger partial charge on any atom is 0.143 e. The smallest absolute Gasteiger partial charge is 0.143 e. The number of nitrogens with zero attached hydrogens (tertiary/aromatic N) is 1. The number of hydrogen-bond donors (Lipinski definition) is 0. The molecule has 1 unspecified atom stereocenters. The Kier molecular flexibility index (Phi) is 9.01. The third-order valence-electron chi connectivity index (χ3n) is 15.9. The summed E-state index contributed by atoms with van der Waals surface area (Å²) >= 11 is 0. The summed E-state index contributed by atoms with van der Waals surface area (Å²) in [5.74, 6) is 0. The van der Waals surface area contributed by atoms with Crippen LogP contribution in [0.2, 0.25) is 0 Å². The second-order valence-corrected chi connectivity index (χ2v) is 19.8. The Morgan fingerprint density at radius 2 is 1.09 bits per heavy atom. The van der Waals surface area contributed by atoms with Gasteiger partial charge in [0, 0.05) is 38.7 Å². The maximum atomic E-state index is 6.58. The minimum atomic E-state index is -0.476. The van der Waals surface area contributed by atoms with Crippen LogP contribution in [0.4, 0.5) is 11.4 Å². The van der Waals surface area contributed by atoms with E-state index in [-0.39, 0.29) is 11.5 Å². The fourth-order valence-electron chi connectivity index (χ4n) is 13.0. The van der Waals surface area contributed by atoms with Crippen LogP contribution >= 0.6 is 0 Å². The normalized spacial score (nSPS) is 16.1. The molecule has 0 radical (unpaired) electrons. The average Bonchev–Trinajstić information content (AvgIpc) is 4.03. The SMILES string of the molecule is CC1(C)c2cccc(-c3ccccc3N(c3ccc(-c4cccc5c4oc4ccccc45)cc3)C3C=CC4=C(C3)C(c3ccccc3)(c3ccccc3)c3ccccc34)c2-c2ccc3ccccc3c21. The molecule has 14 rings (SSSR count). The van der Waals surface area contributed by atoms with Gasteiger partial charge in [-0.25, -0.2) is 0 Å². The van der Waals surface area contributed by atoms with Gasteiger partial charge in [0.25, 0.3) is 0 Å². The molecule has 0 spiro atoms. The largest absolute Gasteiger partial charge is 0.455 e. The van der Waals surface area contributed by atoms with Gasteiger partial charge in [0.2, 0.25) is 0 Å². The molecule has 10 aromatic carbocycles. The van der Waals surface area contributed by atoms with Crippen molar-refractivity contribution in [3.63, 3.8) is 0 Å². The van der Waals surface area contributed by atoms with Gasteiger partial charge in [-0.2, -0.15) is 0 Å². The first-order chi connectivity index (χ1) is 34.5. The fourth-order valence-corrected chi connectivity index (χ4v) is 13.0. The van der Waals surface area contributed by atoms with E-state index in [9.17, 15) is 0 Å². The molecule has 11 aromatic rings. The van der Waals surface area contributed by atoms with E-state index >= 15 is 0 Å². The van der Waals surface area contributed by atoms with Crippen LogP contribution in [0.5, 0.6) is 0 Å². The van der Waals surface area contributed by atoms with Crippen LogP contribution in [0.25, 0.3) is 71.7 Å². The molecule has 0 fully saturated rings. The van der Waals surface area contributed by atoms with Crippen LogP contribution in [0.15, 0.2) is 253 Å². The maximum absolute atomic E-state index is 6.58. The van der Waals surface area contributed by atoms with Gasteiger partial charge in [-0.05, 0) is 108 Å². The molecule has 2 heteroatoms. The van der Waals surface area contributed by atoms with E-state index in [0.717, 1.165) is 45.2 Å². The number of benzene rings is 10. The molecule has 0 saturated carbocycles. The van der Waals surface area contributed by atoms with Crippen LogP contribution in [0.3, 0.4) is 0 Å². The molecule has 0 amide bonds. The Morgan fingerprint density at radius 1 is 0.471 bits per heavy atom. The zero-order chi connectivity index (χ0) is 46.6. The van der Waals surface area contributed by atoms with Crippen LogP contribution in [0, 0.1) is 0 Å². The lowest BCUT2D eigenvalue weighted by Crippen LogP contribution is -2.37. The summed E-state index contributed by atoms with van der Waals surface area (Å²) in [5.41, 5.74) is 21.6.